The highest BCUT2D eigenvalue weighted by Gasteiger charge is 2.17. The maximum Gasteiger partial charge on any atom is 0.407 e. The van der Waals surface area contributed by atoms with Crippen molar-refractivity contribution in [2.75, 3.05) is 7.05 Å². The molecule has 84 valence electrons. The van der Waals surface area contributed by atoms with Gasteiger partial charge in [0, 0.05) is 6.04 Å². The number of nitrogens with one attached hydrogen (secondary N) is 1. The second kappa shape index (κ2) is 5.20. The Morgan fingerprint density at radius 2 is 1.86 bits per heavy atom. The van der Waals surface area contributed by atoms with E-state index in [1.54, 1.807) is 7.05 Å². The molecule has 4 heteroatoms. The Kier molecular flexibility index (Phi) is 4.91. The van der Waals surface area contributed by atoms with Crippen molar-refractivity contribution in [1.29, 1.82) is 0 Å². The Balaban J connectivity index is 3.95. The molecule has 0 heterocycles. The van der Waals surface area contributed by atoms with Crippen LogP contribution in [0.25, 0.3) is 5.32 Å². The van der Waals surface area contributed by atoms with Crippen LogP contribution in [0.1, 0.15) is 34.6 Å². The van der Waals surface area contributed by atoms with Crippen LogP contribution in [0, 0.1) is 0 Å². The number of hydrogen-bond donors (Lipinski definition) is 1. The summed E-state index contributed by atoms with van der Waals surface area (Å²) in [6.07, 6.45) is -0.388. The monoisotopic (exact) mass is 201 g/mol. The summed E-state index contributed by atoms with van der Waals surface area (Å²) in [4.78, 5) is 11.3. The van der Waals surface area contributed by atoms with Crippen LogP contribution in [0.4, 0.5) is 4.79 Å². The Labute approximate surface area is 86.4 Å². The molecule has 1 unspecified atom stereocenters. The number of nitrogens with zero attached hydrogens (tertiary/aromatic N) is 1. The molecule has 0 spiro atoms. The molecule has 0 saturated carbocycles. The summed E-state index contributed by atoms with van der Waals surface area (Å²) in [5.74, 6) is 0. The van der Waals surface area contributed by atoms with E-state index in [9.17, 15) is 4.79 Å². The van der Waals surface area contributed by atoms with Gasteiger partial charge in [-0.25, -0.2) is 4.79 Å². The number of hydrogen-bond acceptors (Lipinski definition) is 2. The van der Waals surface area contributed by atoms with E-state index in [1.807, 2.05) is 34.6 Å². The normalized spacial score (nSPS) is 15.9. The lowest BCUT2D eigenvalue weighted by molar-refractivity contribution is 0.0505. The minimum absolute atomic E-state index is 0.00477. The van der Waals surface area contributed by atoms with Crippen LogP contribution in [-0.4, -0.2) is 30.8 Å². The highest BCUT2D eigenvalue weighted by atomic mass is 16.6. The largest absolute Gasteiger partial charge is 0.661 e. The van der Waals surface area contributed by atoms with E-state index in [2.05, 4.69) is 10.6 Å². The van der Waals surface area contributed by atoms with E-state index in [4.69, 9.17) is 4.74 Å². The fourth-order valence-corrected chi connectivity index (χ4v) is 0.838. The van der Waals surface area contributed by atoms with Crippen molar-refractivity contribution in [2.45, 2.75) is 52.3 Å². The Morgan fingerprint density at radius 3 is 2.21 bits per heavy atom. The molecule has 0 aliphatic heterocycles. The van der Waals surface area contributed by atoms with Crippen molar-refractivity contribution in [1.82, 2.24) is 5.32 Å². The molecular weight excluding hydrogens is 180 g/mol. The average Bonchev–Trinajstić information content (AvgIpc) is 1.99. The van der Waals surface area contributed by atoms with Gasteiger partial charge in [-0.2, -0.15) is 7.05 Å². The number of amides is 1. The van der Waals surface area contributed by atoms with Gasteiger partial charge in [0.2, 0.25) is 0 Å². The zero-order valence-electron chi connectivity index (χ0n) is 9.92. The summed E-state index contributed by atoms with van der Waals surface area (Å²) in [6.45, 7) is 9.37. The number of carbonyl (C=O) groups excluding carboxylic acids is 1. The molecule has 4 nitrogen and oxygen atoms in total. The SMILES string of the molecule is C[N-]C(C)[C@H](C)NC(=O)OC(C)(C)C. The van der Waals surface area contributed by atoms with E-state index in [-0.39, 0.29) is 18.2 Å². The first-order valence-corrected chi connectivity index (χ1v) is 4.84. The summed E-state index contributed by atoms with van der Waals surface area (Å²) in [7, 11) is 1.73. The van der Waals surface area contributed by atoms with Gasteiger partial charge in [-0.05, 0) is 27.7 Å². The van der Waals surface area contributed by atoms with E-state index in [0.29, 0.717) is 0 Å². The van der Waals surface area contributed by atoms with Gasteiger partial charge in [-0.15, -0.1) is 6.04 Å². The maximum absolute atomic E-state index is 11.3. The first-order chi connectivity index (χ1) is 6.26. The van der Waals surface area contributed by atoms with E-state index in [0.717, 1.165) is 0 Å². The minimum Gasteiger partial charge on any atom is -0.661 e. The van der Waals surface area contributed by atoms with Gasteiger partial charge < -0.3 is 15.4 Å². The second-order valence-electron chi connectivity index (χ2n) is 4.43. The lowest BCUT2D eigenvalue weighted by atomic mass is 10.2. The van der Waals surface area contributed by atoms with Gasteiger partial charge >= 0.3 is 6.09 Å². The molecule has 2 atom stereocenters. The lowest BCUT2D eigenvalue weighted by Crippen LogP contribution is -2.42. The molecule has 0 rings (SSSR count). The van der Waals surface area contributed by atoms with Crippen LogP contribution in [-0.2, 0) is 4.74 Å². The third-order valence-corrected chi connectivity index (χ3v) is 1.88. The average molecular weight is 201 g/mol. The number of rotatable bonds is 3. The molecule has 0 aliphatic rings. The molecule has 14 heavy (non-hydrogen) atoms. The zero-order valence-corrected chi connectivity index (χ0v) is 9.92. The van der Waals surface area contributed by atoms with Crippen LogP contribution in [0.2, 0.25) is 0 Å². The van der Waals surface area contributed by atoms with Crippen LogP contribution >= 0.6 is 0 Å². The number of ether oxygens (including phenoxy) is 1. The molecule has 0 aliphatic carbocycles. The summed E-state index contributed by atoms with van der Waals surface area (Å²) >= 11 is 0. The first kappa shape index (κ1) is 13.2. The molecule has 1 amide bonds. The Hall–Kier alpha value is -0.770. The van der Waals surface area contributed by atoms with Crippen LogP contribution in [0.3, 0.4) is 0 Å². The van der Waals surface area contributed by atoms with E-state index in [1.165, 1.54) is 0 Å². The topological polar surface area (TPSA) is 52.4 Å². The molecule has 0 aromatic heterocycles. The van der Waals surface area contributed by atoms with Gasteiger partial charge in [0.15, 0.2) is 0 Å². The van der Waals surface area contributed by atoms with Crippen molar-refractivity contribution in [2.24, 2.45) is 0 Å². The molecule has 0 aromatic rings. The standard InChI is InChI=1S/C10H21N2O2/c1-7(11-6)8(2)12-9(13)14-10(3,4)5/h7-8H,1-6H3,(H,12,13)/q-1/t7?,8-/m0/s1. The second-order valence-corrected chi connectivity index (χ2v) is 4.43. The molecule has 0 fully saturated rings. The van der Waals surface area contributed by atoms with Gasteiger partial charge in [-0.3, -0.25) is 0 Å². The van der Waals surface area contributed by atoms with Gasteiger partial charge in [-0.1, -0.05) is 6.92 Å². The molecule has 0 saturated heterocycles. The van der Waals surface area contributed by atoms with Crippen LogP contribution in [0.15, 0.2) is 0 Å². The number of carbonyl (C=O) groups is 1. The third-order valence-electron chi connectivity index (χ3n) is 1.88. The first-order valence-electron chi connectivity index (χ1n) is 4.84. The zero-order chi connectivity index (χ0) is 11.4. The van der Waals surface area contributed by atoms with E-state index < -0.39 is 5.60 Å². The van der Waals surface area contributed by atoms with Crippen molar-refractivity contribution in [3.63, 3.8) is 0 Å². The Bertz CT molecular complexity index is 187. The molecule has 0 bridgehead atoms. The number of alkyl carbamates (subject to hydrolysis) is 1. The summed E-state index contributed by atoms with van der Waals surface area (Å²) in [6, 6.07) is 0.0948. The summed E-state index contributed by atoms with van der Waals surface area (Å²) in [5.41, 5.74) is -0.448. The van der Waals surface area contributed by atoms with Crippen LogP contribution < -0.4 is 5.32 Å². The summed E-state index contributed by atoms with van der Waals surface area (Å²) < 4.78 is 5.11. The predicted molar refractivity (Wildman–Crippen MR) is 57.6 cm³/mol. The third kappa shape index (κ3) is 5.80. The van der Waals surface area contributed by atoms with Crippen molar-refractivity contribution in [3.8, 4) is 0 Å². The highest BCUT2D eigenvalue weighted by Crippen LogP contribution is 2.08. The van der Waals surface area contributed by atoms with Crippen molar-refractivity contribution in [3.05, 3.63) is 5.32 Å². The van der Waals surface area contributed by atoms with Gasteiger partial charge in [0.1, 0.15) is 5.60 Å². The van der Waals surface area contributed by atoms with Gasteiger partial charge in [0.25, 0.3) is 0 Å². The quantitative estimate of drug-likeness (QED) is 0.761. The molecule has 0 aromatic carbocycles. The fraction of sp³-hybridized carbons (Fsp3) is 0.900. The van der Waals surface area contributed by atoms with Crippen LogP contribution in [0.5, 0.6) is 0 Å². The minimum atomic E-state index is -0.448. The van der Waals surface area contributed by atoms with Gasteiger partial charge in [0.05, 0.1) is 0 Å². The molecular formula is C10H21N2O2-. The molecule has 0 radical (unpaired) electrons. The smallest absolute Gasteiger partial charge is 0.407 e. The maximum atomic E-state index is 11.3. The van der Waals surface area contributed by atoms with Crippen molar-refractivity contribution < 1.29 is 9.53 Å². The predicted octanol–water partition coefficient (Wildman–Crippen LogP) is 2.29. The number of likely N-dealkylation sites (N-methyl/N-ethyl adjacent to an activating group) is 1. The lowest BCUT2D eigenvalue weighted by Gasteiger charge is -2.31. The summed E-state index contributed by atoms with van der Waals surface area (Å²) in [5, 5.41) is 6.80. The molecule has 1 N–H and O–H groups in total. The Morgan fingerprint density at radius 1 is 1.36 bits per heavy atom. The van der Waals surface area contributed by atoms with Crippen molar-refractivity contribution >= 4 is 6.09 Å². The highest BCUT2D eigenvalue weighted by molar-refractivity contribution is 5.68. The van der Waals surface area contributed by atoms with E-state index >= 15 is 0 Å². The fourth-order valence-electron chi connectivity index (χ4n) is 0.838.